The van der Waals surface area contributed by atoms with Crippen LogP contribution < -0.4 is 11.1 Å². The summed E-state index contributed by atoms with van der Waals surface area (Å²) in [7, 11) is 0. The maximum Gasteiger partial charge on any atom is 0.236 e. The zero-order valence-corrected chi connectivity index (χ0v) is 9.91. The average Bonchev–Trinajstić information content (AvgIpc) is 3.05. The van der Waals surface area contributed by atoms with E-state index in [2.05, 4.69) is 12.2 Å². The third-order valence-electron chi connectivity index (χ3n) is 2.36. The minimum atomic E-state index is -0.362. The van der Waals surface area contributed by atoms with Crippen molar-refractivity contribution in [1.29, 1.82) is 0 Å². The Morgan fingerprint density at radius 3 is 2.62 bits per heavy atom. The number of hydrogen-bond acceptors (Lipinski definition) is 4. The van der Waals surface area contributed by atoms with Gasteiger partial charge in [-0.15, -0.1) is 0 Å². The number of rotatable bonds is 10. The van der Waals surface area contributed by atoms with E-state index in [0.29, 0.717) is 25.9 Å². The van der Waals surface area contributed by atoms with Gasteiger partial charge in [0, 0.05) is 12.6 Å². The fourth-order valence-electron chi connectivity index (χ4n) is 1.31. The Balaban J connectivity index is 2.00. The van der Waals surface area contributed by atoms with Gasteiger partial charge in [-0.3, -0.25) is 4.79 Å². The highest BCUT2D eigenvalue weighted by Gasteiger charge is 2.27. The summed E-state index contributed by atoms with van der Waals surface area (Å²) in [6.07, 6.45) is 3.26. The molecule has 0 aromatic rings. The molecule has 0 heterocycles. The summed E-state index contributed by atoms with van der Waals surface area (Å²) in [6.45, 7) is 4.23. The highest BCUT2D eigenvalue weighted by molar-refractivity contribution is 5.80. The normalized spacial score (nSPS) is 17.3. The highest BCUT2D eigenvalue weighted by Crippen LogP contribution is 2.19. The maximum absolute atomic E-state index is 11.1. The molecule has 1 fully saturated rings. The van der Waals surface area contributed by atoms with E-state index in [4.69, 9.17) is 15.2 Å². The molecule has 3 N–H and O–H groups in total. The predicted molar refractivity (Wildman–Crippen MR) is 61.1 cm³/mol. The molecule has 0 aromatic heterocycles. The van der Waals surface area contributed by atoms with Crippen molar-refractivity contribution in [2.24, 2.45) is 5.73 Å². The van der Waals surface area contributed by atoms with Crippen molar-refractivity contribution >= 4 is 5.91 Å². The smallest absolute Gasteiger partial charge is 0.236 e. The zero-order chi connectivity index (χ0) is 11.8. The van der Waals surface area contributed by atoms with Crippen LogP contribution in [0.4, 0.5) is 0 Å². The Morgan fingerprint density at radius 2 is 2.06 bits per heavy atom. The molecule has 1 saturated carbocycles. The van der Waals surface area contributed by atoms with E-state index in [1.165, 1.54) is 0 Å². The number of amides is 1. The summed E-state index contributed by atoms with van der Waals surface area (Å²) in [5.41, 5.74) is 5.26. The van der Waals surface area contributed by atoms with E-state index >= 15 is 0 Å². The second kappa shape index (κ2) is 7.60. The second-order valence-corrected chi connectivity index (χ2v) is 4.08. The molecule has 1 aliphatic rings. The lowest BCUT2D eigenvalue weighted by Crippen LogP contribution is -2.45. The van der Waals surface area contributed by atoms with E-state index < -0.39 is 0 Å². The number of hydrogen-bond donors (Lipinski definition) is 2. The fourth-order valence-corrected chi connectivity index (χ4v) is 1.31. The number of carbonyl (C=O) groups excluding carboxylic acids is 1. The summed E-state index contributed by atoms with van der Waals surface area (Å²) in [5, 5.41) is 3.15. The van der Waals surface area contributed by atoms with Crippen molar-refractivity contribution in [2.75, 3.05) is 26.4 Å². The number of nitrogens with one attached hydrogen (secondary N) is 1. The van der Waals surface area contributed by atoms with Crippen LogP contribution in [0.5, 0.6) is 0 Å². The molecule has 0 bridgehead atoms. The SMILES string of the molecule is CCCOCCOCC(NC1CC1)C(N)=O. The quantitative estimate of drug-likeness (QED) is 0.520. The topological polar surface area (TPSA) is 73.6 Å². The molecule has 0 aromatic carbocycles. The van der Waals surface area contributed by atoms with Gasteiger partial charge in [0.05, 0.1) is 19.8 Å². The first-order valence-corrected chi connectivity index (χ1v) is 5.95. The third kappa shape index (κ3) is 6.05. The summed E-state index contributed by atoms with van der Waals surface area (Å²) in [4.78, 5) is 11.1. The zero-order valence-electron chi connectivity index (χ0n) is 9.91. The minimum Gasteiger partial charge on any atom is -0.379 e. The number of ether oxygens (including phenoxy) is 2. The summed E-state index contributed by atoms with van der Waals surface area (Å²) in [5.74, 6) is -0.346. The first kappa shape index (κ1) is 13.4. The van der Waals surface area contributed by atoms with Gasteiger partial charge in [0.15, 0.2) is 0 Å². The molecule has 1 aliphatic carbocycles. The van der Waals surface area contributed by atoms with E-state index in [1.807, 2.05) is 0 Å². The number of primary amides is 1. The van der Waals surface area contributed by atoms with Crippen LogP contribution in [0, 0.1) is 0 Å². The van der Waals surface area contributed by atoms with Gasteiger partial charge in [-0.2, -0.15) is 0 Å². The van der Waals surface area contributed by atoms with E-state index in [1.54, 1.807) is 0 Å². The maximum atomic E-state index is 11.1. The van der Waals surface area contributed by atoms with Crippen LogP contribution in [-0.2, 0) is 14.3 Å². The summed E-state index contributed by atoms with van der Waals surface area (Å²) >= 11 is 0. The molecule has 0 radical (unpaired) electrons. The lowest BCUT2D eigenvalue weighted by Gasteiger charge is -2.15. The Kier molecular flexibility index (Phi) is 6.37. The molecule has 0 spiro atoms. The molecule has 1 amide bonds. The Bertz CT molecular complexity index is 207. The molecule has 0 saturated heterocycles. The molecule has 0 aliphatic heterocycles. The molecular formula is C11H22N2O3. The molecule has 94 valence electrons. The third-order valence-corrected chi connectivity index (χ3v) is 2.36. The minimum absolute atomic E-state index is 0.335. The van der Waals surface area contributed by atoms with Crippen molar-refractivity contribution < 1.29 is 14.3 Å². The Labute approximate surface area is 96.7 Å². The van der Waals surface area contributed by atoms with E-state index in [0.717, 1.165) is 25.9 Å². The average molecular weight is 230 g/mol. The van der Waals surface area contributed by atoms with Crippen molar-refractivity contribution in [1.82, 2.24) is 5.32 Å². The molecule has 16 heavy (non-hydrogen) atoms. The monoisotopic (exact) mass is 230 g/mol. The Hall–Kier alpha value is -0.650. The Morgan fingerprint density at radius 1 is 1.38 bits per heavy atom. The molecule has 1 rings (SSSR count). The van der Waals surface area contributed by atoms with E-state index in [-0.39, 0.29) is 11.9 Å². The van der Waals surface area contributed by atoms with Crippen molar-refractivity contribution in [3.05, 3.63) is 0 Å². The van der Waals surface area contributed by atoms with Gasteiger partial charge >= 0.3 is 0 Å². The number of carbonyl (C=O) groups is 1. The van der Waals surface area contributed by atoms with Crippen LogP contribution in [0.1, 0.15) is 26.2 Å². The van der Waals surface area contributed by atoms with Gasteiger partial charge in [0.25, 0.3) is 0 Å². The molecule has 5 heteroatoms. The first-order valence-electron chi connectivity index (χ1n) is 5.95. The molecule has 1 atom stereocenters. The van der Waals surface area contributed by atoms with Gasteiger partial charge in [-0.25, -0.2) is 0 Å². The molecule has 5 nitrogen and oxygen atoms in total. The van der Waals surface area contributed by atoms with Gasteiger partial charge in [-0.1, -0.05) is 6.92 Å². The van der Waals surface area contributed by atoms with Crippen LogP contribution in [0.3, 0.4) is 0 Å². The van der Waals surface area contributed by atoms with Crippen molar-refractivity contribution in [2.45, 2.75) is 38.3 Å². The molecular weight excluding hydrogens is 208 g/mol. The van der Waals surface area contributed by atoms with Crippen LogP contribution in [0.25, 0.3) is 0 Å². The molecule has 1 unspecified atom stereocenters. The lowest BCUT2D eigenvalue weighted by molar-refractivity contribution is -0.121. The van der Waals surface area contributed by atoms with Crippen molar-refractivity contribution in [3.8, 4) is 0 Å². The number of nitrogens with two attached hydrogens (primary N) is 1. The first-order chi connectivity index (χ1) is 7.74. The highest BCUT2D eigenvalue weighted by atomic mass is 16.5. The second-order valence-electron chi connectivity index (χ2n) is 4.08. The fraction of sp³-hybridized carbons (Fsp3) is 0.909. The predicted octanol–water partition coefficient (Wildman–Crippen LogP) is 0.0355. The lowest BCUT2D eigenvalue weighted by atomic mass is 10.3. The standard InChI is InChI=1S/C11H22N2O3/c1-2-5-15-6-7-16-8-10(11(12)14)13-9-3-4-9/h9-10,13H,2-8H2,1H3,(H2,12,14). The summed E-state index contributed by atoms with van der Waals surface area (Å²) < 4.78 is 10.6. The largest absolute Gasteiger partial charge is 0.379 e. The van der Waals surface area contributed by atoms with E-state index in [9.17, 15) is 4.79 Å². The van der Waals surface area contributed by atoms with Gasteiger partial charge in [0.1, 0.15) is 6.04 Å². The van der Waals surface area contributed by atoms with Crippen LogP contribution in [-0.4, -0.2) is 44.4 Å². The van der Waals surface area contributed by atoms with Crippen LogP contribution in [0.2, 0.25) is 0 Å². The van der Waals surface area contributed by atoms with Gasteiger partial charge in [-0.05, 0) is 19.3 Å². The van der Waals surface area contributed by atoms with Crippen LogP contribution >= 0.6 is 0 Å². The summed E-state index contributed by atoms with van der Waals surface area (Å²) in [6, 6.07) is 0.0936. The van der Waals surface area contributed by atoms with Gasteiger partial charge in [0.2, 0.25) is 5.91 Å². The van der Waals surface area contributed by atoms with Crippen molar-refractivity contribution in [3.63, 3.8) is 0 Å². The van der Waals surface area contributed by atoms with Crippen LogP contribution in [0.15, 0.2) is 0 Å². The van der Waals surface area contributed by atoms with Gasteiger partial charge < -0.3 is 20.5 Å².